The molecule has 0 unspecified atom stereocenters. The molecule has 22 nitrogen and oxygen atoms in total. The van der Waals surface area contributed by atoms with E-state index in [0.29, 0.717) is 5.56 Å². The lowest BCUT2D eigenvalue weighted by atomic mass is 10.0. The maximum atomic E-state index is 13.5. The Kier molecular flexibility index (Phi) is 23.4. The first-order valence-electron chi connectivity index (χ1n) is 20.2. The number of carboxylic acid groups (broad SMARTS) is 3. The SMILES string of the molecule is CC(C)C[C@H](NC(=O)[C@H](CC(N)=O)NC(=O)[C@@H](NC(=O)[C@@H](N)CCC(=O)O)C(C)C)C(=O)N[C@@H](C)CN[C@@H](C)C(=O)N[C@@H](CCC(=O)O)C(=O)N[C@@H](Cc1ccccc1)C(=O)O. The van der Waals surface area contributed by atoms with E-state index in [9.17, 15) is 58.2 Å². The summed E-state index contributed by atoms with van der Waals surface area (Å²) in [5.41, 5.74) is 11.8. The molecule has 7 amide bonds. The summed E-state index contributed by atoms with van der Waals surface area (Å²) < 4.78 is 0. The maximum Gasteiger partial charge on any atom is 0.326 e. The molecule has 22 heteroatoms. The molecule has 8 atom stereocenters. The van der Waals surface area contributed by atoms with Crippen LogP contribution in [0.25, 0.3) is 0 Å². The van der Waals surface area contributed by atoms with E-state index in [1.165, 1.54) is 6.92 Å². The van der Waals surface area contributed by atoms with Gasteiger partial charge in [0.2, 0.25) is 41.4 Å². The fraction of sp³-hybridized carbons (Fsp3) is 0.600. The van der Waals surface area contributed by atoms with E-state index >= 15 is 0 Å². The van der Waals surface area contributed by atoms with Crippen molar-refractivity contribution in [3.63, 3.8) is 0 Å². The monoisotopic (exact) mass is 877 g/mol. The summed E-state index contributed by atoms with van der Waals surface area (Å²) >= 11 is 0. The van der Waals surface area contributed by atoms with Crippen molar-refractivity contribution in [1.29, 1.82) is 0 Å². The molecule has 0 saturated heterocycles. The Balaban J connectivity index is 3.00. The van der Waals surface area contributed by atoms with Crippen molar-refractivity contribution < 1.29 is 63.3 Å². The third-order valence-electron chi connectivity index (χ3n) is 9.32. The van der Waals surface area contributed by atoms with Gasteiger partial charge >= 0.3 is 17.9 Å². The summed E-state index contributed by atoms with van der Waals surface area (Å²) in [5, 5.41) is 45.7. The van der Waals surface area contributed by atoms with Gasteiger partial charge in [0.1, 0.15) is 30.2 Å². The number of carboxylic acids is 3. The molecule has 1 aromatic rings. The normalized spacial score (nSPS) is 15.0. The maximum absolute atomic E-state index is 13.5. The lowest BCUT2D eigenvalue weighted by Crippen LogP contribution is -2.60. The third kappa shape index (κ3) is 20.9. The second-order valence-electron chi connectivity index (χ2n) is 15.8. The van der Waals surface area contributed by atoms with Crippen LogP contribution in [0.5, 0.6) is 0 Å². The Morgan fingerprint density at radius 3 is 1.65 bits per heavy atom. The number of amides is 7. The number of hydrogen-bond acceptors (Lipinski definition) is 12. The molecule has 0 aliphatic carbocycles. The second-order valence-corrected chi connectivity index (χ2v) is 15.8. The Bertz CT molecular complexity index is 1730. The topological polar surface area (TPSA) is 368 Å². The number of rotatable bonds is 29. The predicted octanol–water partition coefficient (Wildman–Crippen LogP) is -2.15. The molecular weight excluding hydrogens is 814 g/mol. The molecule has 346 valence electrons. The molecule has 0 heterocycles. The number of carbonyl (C=O) groups is 10. The summed E-state index contributed by atoms with van der Waals surface area (Å²) in [6.45, 7) is 9.77. The van der Waals surface area contributed by atoms with Crippen LogP contribution in [0.15, 0.2) is 30.3 Å². The zero-order valence-corrected chi connectivity index (χ0v) is 35.9. The quantitative estimate of drug-likeness (QED) is 0.0408. The fourth-order valence-electron chi connectivity index (χ4n) is 5.85. The third-order valence-corrected chi connectivity index (χ3v) is 9.32. The van der Waals surface area contributed by atoms with Crippen molar-refractivity contribution in [2.24, 2.45) is 23.3 Å². The standard InChI is InChI=1S/C40H63N9O13/c1-20(2)16-27(46-38(59)28(18-30(42)50)47-39(60)33(21(3)4)49-35(56)25(41)12-14-31(51)52)37(58)44-22(5)19-43-23(6)34(55)45-26(13-15-32(53)54)36(57)48-29(40(61)62)17-24-10-8-7-9-11-24/h7-11,20-23,25-29,33,43H,12-19,41H2,1-6H3,(H2,42,50)(H,44,58)(H,45,55)(H,46,59)(H,47,60)(H,48,57)(H,49,56)(H,51,52)(H,53,54)(H,61,62)/t22-,23-,25-,26-,27-,28-,29-,33-/m0/s1. The van der Waals surface area contributed by atoms with Gasteiger partial charge in [-0.15, -0.1) is 0 Å². The van der Waals surface area contributed by atoms with E-state index in [-0.39, 0.29) is 44.6 Å². The number of benzene rings is 1. The Hall–Kier alpha value is -6.16. The highest BCUT2D eigenvalue weighted by Crippen LogP contribution is 2.10. The van der Waals surface area contributed by atoms with Gasteiger partial charge in [-0.25, -0.2) is 4.79 Å². The predicted molar refractivity (Wildman–Crippen MR) is 222 cm³/mol. The number of nitrogens with two attached hydrogens (primary N) is 2. The van der Waals surface area contributed by atoms with Gasteiger partial charge in [-0.1, -0.05) is 58.0 Å². The number of nitrogens with one attached hydrogen (secondary N) is 7. The van der Waals surface area contributed by atoms with Crippen LogP contribution in [0.3, 0.4) is 0 Å². The van der Waals surface area contributed by atoms with Crippen LogP contribution < -0.4 is 48.7 Å². The van der Waals surface area contributed by atoms with Crippen LogP contribution in [0.4, 0.5) is 0 Å². The van der Waals surface area contributed by atoms with E-state index in [4.69, 9.17) is 16.6 Å². The minimum Gasteiger partial charge on any atom is -0.481 e. The fourth-order valence-corrected chi connectivity index (χ4v) is 5.85. The van der Waals surface area contributed by atoms with E-state index in [1.807, 2.05) is 0 Å². The Morgan fingerprint density at radius 1 is 0.597 bits per heavy atom. The summed E-state index contributed by atoms with van der Waals surface area (Å²) in [5.74, 6) is -10.3. The van der Waals surface area contributed by atoms with Crippen LogP contribution in [0.1, 0.15) is 85.6 Å². The molecule has 1 rings (SSSR count). The molecule has 0 aliphatic rings. The molecule has 0 saturated carbocycles. The zero-order chi connectivity index (χ0) is 47.3. The first kappa shape index (κ1) is 53.9. The van der Waals surface area contributed by atoms with Crippen molar-refractivity contribution in [2.45, 2.75) is 135 Å². The van der Waals surface area contributed by atoms with Crippen LogP contribution in [0.2, 0.25) is 0 Å². The zero-order valence-electron chi connectivity index (χ0n) is 35.9. The molecule has 0 aliphatic heterocycles. The largest absolute Gasteiger partial charge is 0.481 e. The Morgan fingerprint density at radius 2 is 1.11 bits per heavy atom. The van der Waals surface area contributed by atoms with Crippen molar-refractivity contribution >= 4 is 59.3 Å². The van der Waals surface area contributed by atoms with Gasteiger partial charge in [-0.3, -0.25) is 43.2 Å². The molecule has 0 spiro atoms. The molecule has 1 aromatic carbocycles. The van der Waals surface area contributed by atoms with Gasteiger partial charge < -0.3 is 64.0 Å². The molecule has 62 heavy (non-hydrogen) atoms. The van der Waals surface area contributed by atoms with Crippen LogP contribution in [-0.2, 0) is 54.4 Å². The van der Waals surface area contributed by atoms with Crippen molar-refractivity contribution in [1.82, 2.24) is 37.2 Å². The summed E-state index contributed by atoms with van der Waals surface area (Å²) in [7, 11) is 0. The highest BCUT2D eigenvalue weighted by molar-refractivity contribution is 5.97. The molecule has 14 N–H and O–H groups in total. The van der Waals surface area contributed by atoms with Crippen molar-refractivity contribution in [2.75, 3.05) is 6.54 Å². The minimum atomic E-state index is -1.57. The van der Waals surface area contributed by atoms with Gasteiger partial charge in [0.15, 0.2) is 0 Å². The molecule has 0 bridgehead atoms. The first-order chi connectivity index (χ1) is 28.9. The first-order valence-corrected chi connectivity index (χ1v) is 20.2. The van der Waals surface area contributed by atoms with Gasteiger partial charge in [0.25, 0.3) is 0 Å². The van der Waals surface area contributed by atoms with E-state index < -0.39 is 126 Å². The van der Waals surface area contributed by atoms with Crippen LogP contribution >= 0.6 is 0 Å². The average Bonchev–Trinajstić information content (AvgIpc) is 3.18. The number of aliphatic carboxylic acids is 3. The van der Waals surface area contributed by atoms with Gasteiger partial charge in [0.05, 0.1) is 18.5 Å². The molecule has 0 aromatic heterocycles. The van der Waals surface area contributed by atoms with Gasteiger partial charge in [-0.05, 0) is 50.5 Å². The second kappa shape index (κ2) is 26.9. The minimum absolute atomic E-state index is 0.0184. The molecule has 0 fully saturated rings. The molecular formula is C40H63N9O13. The number of hydrogen-bond donors (Lipinski definition) is 12. The average molecular weight is 878 g/mol. The smallest absolute Gasteiger partial charge is 0.326 e. The molecule has 0 radical (unpaired) electrons. The van der Waals surface area contributed by atoms with Gasteiger partial charge in [-0.2, -0.15) is 0 Å². The van der Waals surface area contributed by atoms with E-state index in [0.717, 1.165) is 0 Å². The van der Waals surface area contributed by atoms with E-state index in [1.54, 1.807) is 65.0 Å². The van der Waals surface area contributed by atoms with Crippen LogP contribution in [0, 0.1) is 11.8 Å². The number of carbonyl (C=O) groups excluding carboxylic acids is 7. The van der Waals surface area contributed by atoms with Gasteiger partial charge in [0, 0.05) is 31.8 Å². The highest BCUT2D eigenvalue weighted by atomic mass is 16.4. The summed E-state index contributed by atoms with van der Waals surface area (Å²) in [6.07, 6.45) is -2.06. The van der Waals surface area contributed by atoms with Crippen LogP contribution in [-0.4, -0.2) is 129 Å². The highest BCUT2D eigenvalue weighted by Gasteiger charge is 2.34. The number of primary amides is 1. The Labute approximate surface area is 359 Å². The lowest BCUT2D eigenvalue weighted by molar-refractivity contribution is -0.143. The summed E-state index contributed by atoms with van der Waals surface area (Å²) in [6, 6.07) is -1.20. The lowest BCUT2D eigenvalue weighted by Gasteiger charge is -2.28. The summed E-state index contributed by atoms with van der Waals surface area (Å²) in [4.78, 5) is 125. The van der Waals surface area contributed by atoms with E-state index in [2.05, 4.69) is 37.2 Å². The van der Waals surface area contributed by atoms with Crippen molar-refractivity contribution in [3.05, 3.63) is 35.9 Å². The van der Waals surface area contributed by atoms with Crippen molar-refractivity contribution in [3.8, 4) is 0 Å².